The van der Waals surface area contributed by atoms with Gasteiger partial charge in [-0.25, -0.2) is 0 Å². The van der Waals surface area contributed by atoms with Crippen LogP contribution in [0.3, 0.4) is 0 Å². The third-order valence-corrected chi connectivity index (χ3v) is 3.88. The van der Waals surface area contributed by atoms with Crippen molar-refractivity contribution in [1.29, 1.82) is 0 Å². The summed E-state index contributed by atoms with van der Waals surface area (Å²) in [5, 5.41) is 3.77. The number of carbonyl (C=O) groups is 1. The molecule has 1 N–H and O–H groups in total. The molecule has 0 radical (unpaired) electrons. The Labute approximate surface area is 116 Å². The second-order valence-corrected chi connectivity index (χ2v) is 5.17. The molecular formula is C14H18BrNO2. The monoisotopic (exact) mass is 311 g/mol. The van der Waals surface area contributed by atoms with Crippen molar-refractivity contribution in [1.82, 2.24) is 5.32 Å². The van der Waals surface area contributed by atoms with Crippen LogP contribution in [0.4, 0.5) is 0 Å². The molecule has 98 valence electrons. The van der Waals surface area contributed by atoms with Gasteiger partial charge in [-0.3, -0.25) is 4.79 Å². The summed E-state index contributed by atoms with van der Waals surface area (Å²) in [6.45, 7) is 2.44. The van der Waals surface area contributed by atoms with Gasteiger partial charge in [0.15, 0.2) is 0 Å². The first-order chi connectivity index (χ1) is 8.79. The van der Waals surface area contributed by atoms with Crippen molar-refractivity contribution in [2.75, 3.05) is 19.8 Å². The van der Waals surface area contributed by atoms with E-state index in [2.05, 4.69) is 21.2 Å². The maximum absolute atomic E-state index is 11.9. The molecule has 0 spiro atoms. The van der Waals surface area contributed by atoms with Crippen LogP contribution in [-0.4, -0.2) is 25.7 Å². The summed E-state index contributed by atoms with van der Waals surface area (Å²) in [4.78, 5) is 11.9. The maximum Gasteiger partial charge on any atom is 0.251 e. The van der Waals surface area contributed by atoms with Crippen LogP contribution < -0.4 is 5.32 Å². The number of hydrogen-bond acceptors (Lipinski definition) is 2. The molecule has 1 aromatic rings. The molecular weight excluding hydrogens is 294 g/mol. The Hall–Kier alpha value is -0.870. The number of carbonyl (C=O) groups excluding carboxylic acids is 1. The lowest BCUT2D eigenvalue weighted by Crippen LogP contribution is -2.26. The Morgan fingerprint density at radius 3 is 2.78 bits per heavy atom. The first kappa shape index (κ1) is 13.6. The van der Waals surface area contributed by atoms with E-state index in [0.29, 0.717) is 5.92 Å². The maximum atomic E-state index is 11.9. The normalized spacial score (nSPS) is 18.8. The van der Waals surface area contributed by atoms with Crippen LogP contribution >= 0.6 is 15.9 Å². The molecule has 0 aliphatic carbocycles. The highest BCUT2D eigenvalue weighted by Crippen LogP contribution is 2.15. The van der Waals surface area contributed by atoms with Crippen molar-refractivity contribution in [3.05, 3.63) is 35.4 Å². The van der Waals surface area contributed by atoms with Crippen LogP contribution in [0.5, 0.6) is 0 Å². The number of alkyl halides is 1. The van der Waals surface area contributed by atoms with Gasteiger partial charge in [0.2, 0.25) is 0 Å². The van der Waals surface area contributed by atoms with Gasteiger partial charge in [-0.05, 0) is 36.5 Å². The minimum Gasteiger partial charge on any atom is -0.381 e. The highest BCUT2D eigenvalue weighted by molar-refractivity contribution is 9.08. The summed E-state index contributed by atoms with van der Waals surface area (Å²) in [7, 11) is 0. The molecule has 4 heteroatoms. The van der Waals surface area contributed by atoms with Gasteiger partial charge >= 0.3 is 0 Å². The Morgan fingerprint density at radius 1 is 1.39 bits per heavy atom. The van der Waals surface area contributed by atoms with Gasteiger partial charge in [0.1, 0.15) is 0 Å². The Balaban J connectivity index is 1.76. The molecule has 0 aromatic heterocycles. The fourth-order valence-corrected chi connectivity index (χ4v) is 2.42. The first-order valence-corrected chi connectivity index (χ1v) is 7.42. The fourth-order valence-electron chi connectivity index (χ4n) is 2.05. The van der Waals surface area contributed by atoms with Gasteiger partial charge in [0, 0.05) is 30.7 Å². The Bertz CT molecular complexity index is 385. The smallest absolute Gasteiger partial charge is 0.251 e. The van der Waals surface area contributed by atoms with E-state index < -0.39 is 0 Å². The SMILES string of the molecule is O=C(NCCC1CCOC1)c1ccc(CBr)cc1. The van der Waals surface area contributed by atoms with Gasteiger partial charge in [0.05, 0.1) is 0 Å². The lowest BCUT2D eigenvalue weighted by atomic mass is 10.1. The number of benzene rings is 1. The number of amides is 1. The van der Waals surface area contributed by atoms with Gasteiger partial charge in [-0.1, -0.05) is 28.1 Å². The molecule has 1 aliphatic rings. The zero-order chi connectivity index (χ0) is 12.8. The van der Waals surface area contributed by atoms with Crippen LogP contribution in [0.15, 0.2) is 24.3 Å². The largest absolute Gasteiger partial charge is 0.381 e. The molecule has 18 heavy (non-hydrogen) atoms. The summed E-state index contributed by atoms with van der Waals surface area (Å²) in [6.07, 6.45) is 2.13. The summed E-state index contributed by atoms with van der Waals surface area (Å²) >= 11 is 3.39. The molecule has 3 nitrogen and oxygen atoms in total. The standard InChI is InChI=1S/C14H18BrNO2/c15-9-11-1-3-13(4-2-11)14(17)16-7-5-12-6-8-18-10-12/h1-4,12H,5-10H2,(H,16,17). The van der Waals surface area contributed by atoms with Crippen molar-refractivity contribution in [3.63, 3.8) is 0 Å². The second kappa shape index (κ2) is 6.90. The highest BCUT2D eigenvalue weighted by Gasteiger charge is 2.15. The fraction of sp³-hybridized carbons (Fsp3) is 0.500. The lowest BCUT2D eigenvalue weighted by Gasteiger charge is -2.09. The minimum absolute atomic E-state index is 0.00929. The highest BCUT2D eigenvalue weighted by atomic mass is 79.9. The quantitative estimate of drug-likeness (QED) is 0.849. The van der Waals surface area contributed by atoms with Crippen molar-refractivity contribution in [2.24, 2.45) is 5.92 Å². The summed E-state index contributed by atoms with van der Waals surface area (Å²) in [6, 6.07) is 7.66. The van der Waals surface area contributed by atoms with Gasteiger partial charge in [-0.2, -0.15) is 0 Å². The third-order valence-electron chi connectivity index (χ3n) is 3.23. The molecule has 1 aliphatic heterocycles. The molecule has 0 bridgehead atoms. The molecule has 1 aromatic carbocycles. The van der Waals surface area contributed by atoms with E-state index in [0.717, 1.165) is 43.5 Å². The van der Waals surface area contributed by atoms with Crippen LogP contribution in [0.25, 0.3) is 0 Å². The van der Waals surface area contributed by atoms with Gasteiger partial charge in [0.25, 0.3) is 5.91 Å². The minimum atomic E-state index is 0.00929. The number of ether oxygens (including phenoxy) is 1. The molecule has 1 fully saturated rings. The number of halogens is 1. The van der Waals surface area contributed by atoms with E-state index in [-0.39, 0.29) is 5.91 Å². The average Bonchev–Trinajstić information content (AvgIpc) is 2.92. The van der Waals surface area contributed by atoms with E-state index in [9.17, 15) is 4.79 Å². The second-order valence-electron chi connectivity index (χ2n) is 4.60. The summed E-state index contributed by atoms with van der Waals surface area (Å²) in [5.74, 6) is 0.621. The van der Waals surface area contributed by atoms with Crippen LogP contribution in [0.1, 0.15) is 28.8 Å². The summed E-state index contributed by atoms with van der Waals surface area (Å²) < 4.78 is 5.31. The third kappa shape index (κ3) is 3.82. The van der Waals surface area contributed by atoms with Crippen LogP contribution in [0.2, 0.25) is 0 Å². The first-order valence-electron chi connectivity index (χ1n) is 6.30. The topological polar surface area (TPSA) is 38.3 Å². The van der Waals surface area contributed by atoms with Crippen molar-refractivity contribution in [2.45, 2.75) is 18.2 Å². The number of rotatable bonds is 5. The van der Waals surface area contributed by atoms with E-state index >= 15 is 0 Å². The van der Waals surface area contributed by atoms with Crippen molar-refractivity contribution >= 4 is 21.8 Å². The van der Waals surface area contributed by atoms with Crippen molar-refractivity contribution in [3.8, 4) is 0 Å². The number of nitrogens with one attached hydrogen (secondary N) is 1. The zero-order valence-corrected chi connectivity index (χ0v) is 11.9. The molecule has 1 amide bonds. The molecule has 1 atom stereocenters. The average molecular weight is 312 g/mol. The van der Waals surface area contributed by atoms with E-state index in [1.54, 1.807) is 0 Å². The molecule has 1 saturated heterocycles. The Morgan fingerprint density at radius 2 is 2.17 bits per heavy atom. The molecule has 1 unspecified atom stereocenters. The molecule has 1 heterocycles. The van der Waals surface area contributed by atoms with Gasteiger partial charge < -0.3 is 10.1 Å². The van der Waals surface area contributed by atoms with Crippen molar-refractivity contribution < 1.29 is 9.53 Å². The predicted octanol–water partition coefficient (Wildman–Crippen LogP) is 2.74. The van der Waals surface area contributed by atoms with Crippen LogP contribution in [-0.2, 0) is 10.1 Å². The van der Waals surface area contributed by atoms with E-state index in [1.807, 2.05) is 24.3 Å². The van der Waals surface area contributed by atoms with Crippen LogP contribution in [0, 0.1) is 5.92 Å². The summed E-state index contributed by atoms with van der Waals surface area (Å²) in [5.41, 5.74) is 1.90. The zero-order valence-electron chi connectivity index (χ0n) is 10.3. The number of hydrogen-bond donors (Lipinski definition) is 1. The molecule has 2 rings (SSSR count). The predicted molar refractivity (Wildman–Crippen MR) is 74.9 cm³/mol. The lowest BCUT2D eigenvalue weighted by molar-refractivity contribution is 0.0950. The van der Waals surface area contributed by atoms with E-state index in [1.165, 1.54) is 5.56 Å². The molecule has 0 saturated carbocycles. The van der Waals surface area contributed by atoms with E-state index in [4.69, 9.17) is 4.74 Å². The van der Waals surface area contributed by atoms with Gasteiger partial charge in [-0.15, -0.1) is 0 Å². The Kier molecular flexibility index (Phi) is 5.20.